The zero-order valence-corrected chi connectivity index (χ0v) is 17.5. The van der Waals surface area contributed by atoms with Crippen LogP contribution in [0.25, 0.3) is 0 Å². The first-order chi connectivity index (χ1) is 15.1. The van der Waals surface area contributed by atoms with Crippen molar-refractivity contribution in [2.75, 3.05) is 18.5 Å². The van der Waals surface area contributed by atoms with Crippen LogP contribution >= 0.6 is 11.6 Å². The van der Waals surface area contributed by atoms with Crippen LogP contribution in [0.1, 0.15) is 18.4 Å². The SMILES string of the molecule is O=C(Nc1ccc(C(F)(F)F)c(Cl)c1)N1C=CC(C2N=CC(C[C@@H](O)CO)C=C2F)CC1. The summed E-state index contributed by atoms with van der Waals surface area (Å²) < 4.78 is 52.9. The first-order valence-corrected chi connectivity index (χ1v) is 10.3. The van der Waals surface area contributed by atoms with Crippen LogP contribution in [-0.2, 0) is 6.18 Å². The van der Waals surface area contributed by atoms with Crippen molar-refractivity contribution in [2.24, 2.45) is 16.8 Å². The smallest absolute Gasteiger partial charge is 0.394 e. The van der Waals surface area contributed by atoms with E-state index in [1.165, 1.54) is 17.2 Å². The zero-order chi connectivity index (χ0) is 23.5. The van der Waals surface area contributed by atoms with E-state index in [9.17, 15) is 27.5 Å². The molecular weight excluding hydrogens is 454 g/mol. The number of allylic oxidation sites excluding steroid dienone is 1. The van der Waals surface area contributed by atoms with Gasteiger partial charge in [-0.25, -0.2) is 9.18 Å². The standard InChI is InChI=1S/C21H22ClF4N3O3/c22-17-9-14(1-2-16(17)21(24,25)26)28-20(32)29-5-3-13(4-6-29)19-18(23)8-12(10-27-19)7-15(31)11-30/h1-3,5,8-10,12-13,15,19,30-31H,4,6-7,11H2,(H,28,32)/t12?,13?,15-,19?/m1/s1. The van der Waals surface area contributed by atoms with E-state index >= 15 is 0 Å². The van der Waals surface area contributed by atoms with Gasteiger partial charge in [0.1, 0.15) is 11.9 Å². The zero-order valence-electron chi connectivity index (χ0n) is 16.8. The van der Waals surface area contributed by atoms with Crippen molar-refractivity contribution in [3.05, 3.63) is 53.0 Å². The molecule has 0 radical (unpaired) electrons. The number of nitrogens with one attached hydrogen (secondary N) is 1. The largest absolute Gasteiger partial charge is 0.417 e. The lowest BCUT2D eigenvalue weighted by atomic mass is 9.89. The number of alkyl halides is 3. The highest BCUT2D eigenvalue weighted by Crippen LogP contribution is 2.36. The highest BCUT2D eigenvalue weighted by atomic mass is 35.5. The van der Waals surface area contributed by atoms with Crippen LogP contribution in [0.5, 0.6) is 0 Å². The molecule has 3 N–H and O–H groups in total. The summed E-state index contributed by atoms with van der Waals surface area (Å²) in [5.74, 6) is -1.12. The summed E-state index contributed by atoms with van der Waals surface area (Å²) in [6, 6.07) is 1.65. The number of hydrogen-bond donors (Lipinski definition) is 3. The fourth-order valence-corrected chi connectivity index (χ4v) is 3.86. The summed E-state index contributed by atoms with van der Waals surface area (Å²) in [6.07, 6.45) is 1.11. The van der Waals surface area contributed by atoms with Crippen molar-refractivity contribution in [3.8, 4) is 0 Å². The lowest BCUT2D eigenvalue weighted by Gasteiger charge is -2.30. The number of benzene rings is 1. The highest BCUT2D eigenvalue weighted by molar-refractivity contribution is 6.31. The van der Waals surface area contributed by atoms with Gasteiger partial charge in [0, 0.05) is 36.5 Å². The number of aliphatic imine (C=N–C) groups is 1. The van der Waals surface area contributed by atoms with Gasteiger partial charge < -0.3 is 20.4 Å². The number of rotatable bonds is 5. The Bertz CT molecular complexity index is 935. The second-order valence-corrected chi connectivity index (χ2v) is 8.05. The summed E-state index contributed by atoms with van der Waals surface area (Å²) in [6.45, 7) is -0.154. The van der Waals surface area contributed by atoms with Crippen molar-refractivity contribution in [3.63, 3.8) is 0 Å². The number of anilines is 1. The maximum Gasteiger partial charge on any atom is 0.417 e. The third-order valence-electron chi connectivity index (χ3n) is 5.26. The van der Waals surface area contributed by atoms with Crippen LogP contribution in [0.3, 0.4) is 0 Å². The molecule has 4 atom stereocenters. The third kappa shape index (κ3) is 5.87. The van der Waals surface area contributed by atoms with E-state index in [-0.39, 0.29) is 24.6 Å². The number of carbonyl (C=O) groups is 1. The minimum atomic E-state index is -4.59. The molecule has 174 valence electrons. The molecule has 2 aliphatic rings. The molecule has 0 spiro atoms. The minimum absolute atomic E-state index is 0.116. The normalized spacial score (nSPS) is 24.3. The Labute approximate surface area is 186 Å². The van der Waals surface area contributed by atoms with E-state index < -0.39 is 53.3 Å². The van der Waals surface area contributed by atoms with Gasteiger partial charge >= 0.3 is 12.2 Å². The second kappa shape index (κ2) is 10.0. The van der Waals surface area contributed by atoms with E-state index in [0.717, 1.165) is 18.2 Å². The van der Waals surface area contributed by atoms with Gasteiger partial charge in [-0.1, -0.05) is 17.7 Å². The first-order valence-electron chi connectivity index (χ1n) is 9.90. The average Bonchev–Trinajstić information content (AvgIpc) is 2.73. The molecule has 2 heterocycles. The molecule has 0 bridgehead atoms. The number of aliphatic hydroxyl groups excluding tert-OH is 2. The fourth-order valence-electron chi connectivity index (χ4n) is 3.58. The van der Waals surface area contributed by atoms with Gasteiger partial charge in [0.2, 0.25) is 0 Å². The number of amides is 2. The molecule has 2 amide bonds. The Kier molecular flexibility index (Phi) is 7.58. The first kappa shape index (κ1) is 24.2. The molecule has 0 saturated heterocycles. The molecule has 32 heavy (non-hydrogen) atoms. The monoisotopic (exact) mass is 475 g/mol. The molecule has 2 aliphatic heterocycles. The Hall–Kier alpha value is -2.43. The Morgan fingerprint density at radius 1 is 1.38 bits per heavy atom. The van der Waals surface area contributed by atoms with Gasteiger partial charge in [-0.2, -0.15) is 13.2 Å². The molecule has 6 nitrogen and oxygen atoms in total. The van der Waals surface area contributed by atoms with E-state index in [4.69, 9.17) is 16.7 Å². The number of aliphatic hydroxyl groups is 2. The van der Waals surface area contributed by atoms with Gasteiger partial charge in [-0.05, 0) is 37.1 Å². The van der Waals surface area contributed by atoms with E-state index in [2.05, 4.69) is 10.3 Å². The maximum atomic E-state index is 14.5. The van der Waals surface area contributed by atoms with Gasteiger partial charge in [0.25, 0.3) is 0 Å². The molecule has 3 rings (SSSR count). The van der Waals surface area contributed by atoms with Crippen molar-refractivity contribution in [2.45, 2.75) is 31.2 Å². The van der Waals surface area contributed by atoms with Crippen molar-refractivity contribution in [1.29, 1.82) is 0 Å². The van der Waals surface area contributed by atoms with Crippen LogP contribution in [0.15, 0.2) is 47.4 Å². The molecule has 11 heteroatoms. The minimum Gasteiger partial charge on any atom is -0.394 e. The van der Waals surface area contributed by atoms with Crippen molar-refractivity contribution < 1.29 is 32.6 Å². The molecule has 0 saturated carbocycles. The Balaban J connectivity index is 1.59. The maximum absolute atomic E-state index is 14.5. The predicted molar refractivity (Wildman–Crippen MR) is 112 cm³/mol. The fraction of sp³-hybridized carbons (Fsp3) is 0.429. The number of nitrogens with zero attached hydrogens (tertiary/aromatic N) is 2. The van der Waals surface area contributed by atoms with Crippen LogP contribution in [-0.4, -0.2) is 52.7 Å². The molecule has 0 aliphatic carbocycles. The summed E-state index contributed by atoms with van der Waals surface area (Å²) >= 11 is 5.67. The number of carbonyl (C=O) groups excluding carboxylic acids is 1. The molecule has 0 fully saturated rings. The number of hydrogen-bond acceptors (Lipinski definition) is 4. The second-order valence-electron chi connectivity index (χ2n) is 7.64. The average molecular weight is 476 g/mol. The van der Waals surface area contributed by atoms with Crippen LogP contribution in [0, 0.1) is 11.8 Å². The lowest BCUT2D eigenvalue weighted by molar-refractivity contribution is -0.137. The predicted octanol–water partition coefficient (Wildman–Crippen LogP) is 4.39. The topological polar surface area (TPSA) is 85.2 Å². The van der Waals surface area contributed by atoms with Crippen molar-refractivity contribution in [1.82, 2.24) is 4.90 Å². The van der Waals surface area contributed by atoms with Crippen LogP contribution in [0.2, 0.25) is 5.02 Å². The quantitative estimate of drug-likeness (QED) is 0.552. The van der Waals surface area contributed by atoms with Gasteiger partial charge in [0.05, 0.1) is 23.3 Å². The Morgan fingerprint density at radius 3 is 2.69 bits per heavy atom. The van der Waals surface area contributed by atoms with Crippen LogP contribution in [0.4, 0.5) is 28.0 Å². The highest BCUT2D eigenvalue weighted by Gasteiger charge is 2.33. The van der Waals surface area contributed by atoms with Gasteiger partial charge in [-0.15, -0.1) is 0 Å². The van der Waals surface area contributed by atoms with Crippen molar-refractivity contribution >= 4 is 29.5 Å². The molecule has 3 unspecified atom stereocenters. The van der Waals surface area contributed by atoms with E-state index in [0.29, 0.717) is 6.42 Å². The molecule has 1 aromatic rings. The molecule has 1 aromatic carbocycles. The summed E-state index contributed by atoms with van der Waals surface area (Å²) in [7, 11) is 0. The van der Waals surface area contributed by atoms with E-state index in [1.54, 1.807) is 12.3 Å². The van der Waals surface area contributed by atoms with Crippen LogP contribution < -0.4 is 5.32 Å². The number of dihydropyridines is 1. The van der Waals surface area contributed by atoms with Gasteiger partial charge in [-0.3, -0.25) is 4.99 Å². The third-order valence-corrected chi connectivity index (χ3v) is 5.57. The Morgan fingerprint density at radius 2 is 2.12 bits per heavy atom. The molecular formula is C21H22ClF4N3O3. The lowest BCUT2D eigenvalue weighted by Crippen LogP contribution is -2.37. The molecule has 0 aromatic heterocycles. The number of halogens is 5. The summed E-state index contributed by atoms with van der Waals surface area (Å²) in [4.78, 5) is 18.0. The van der Waals surface area contributed by atoms with E-state index in [1.807, 2.05) is 0 Å². The summed E-state index contributed by atoms with van der Waals surface area (Å²) in [5.41, 5.74) is -0.875. The summed E-state index contributed by atoms with van der Waals surface area (Å²) in [5, 5.41) is 20.4. The van der Waals surface area contributed by atoms with Gasteiger partial charge in [0.15, 0.2) is 0 Å². The number of urea groups is 1.